The Kier molecular flexibility index (Phi) is 7.90. The van der Waals surface area contributed by atoms with Crippen molar-refractivity contribution in [2.75, 3.05) is 25.2 Å². The van der Waals surface area contributed by atoms with Crippen LogP contribution in [0, 0.1) is 0 Å². The Labute approximate surface area is 144 Å². The third-order valence-corrected chi connectivity index (χ3v) is 5.99. The molecular formula is C15H20N2O2S3. The quantitative estimate of drug-likeness (QED) is 0.457. The summed E-state index contributed by atoms with van der Waals surface area (Å²) in [5.74, 6) is 3.68. The van der Waals surface area contributed by atoms with E-state index < -0.39 is 0 Å². The minimum Gasteiger partial charge on any atom is -0.497 e. The lowest BCUT2D eigenvalue weighted by atomic mass is 10.3. The van der Waals surface area contributed by atoms with Crippen molar-refractivity contribution in [3.63, 3.8) is 0 Å². The first-order valence-electron chi connectivity index (χ1n) is 7.17. The number of hydrogen-bond acceptors (Lipinski definition) is 7. The van der Waals surface area contributed by atoms with Crippen LogP contribution in [-0.2, 0) is 0 Å². The van der Waals surface area contributed by atoms with E-state index in [0.717, 1.165) is 31.7 Å². The minimum absolute atomic E-state index is 0.648. The Hall–Kier alpha value is -0.920. The molecule has 0 N–H and O–H groups in total. The van der Waals surface area contributed by atoms with E-state index in [2.05, 4.69) is 17.1 Å². The van der Waals surface area contributed by atoms with Crippen molar-refractivity contribution in [3.05, 3.63) is 24.3 Å². The highest BCUT2D eigenvalue weighted by molar-refractivity contribution is 8.03. The van der Waals surface area contributed by atoms with Gasteiger partial charge in [0.25, 0.3) is 0 Å². The van der Waals surface area contributed by atoms with Gasteiger partial charge in [0.05, 0.1) is 13.7 Å². The van der Waals surface area contributed by atoms with Crippen LogP contribution in [0.2, 0.25) is 0 Å². The monoisotopic (exact) mass is 356 g/mol. The molecule has 1 aromatic carbocycles. The molecule has 0 saturated heterocycles. The average molecular weight is 357 g/mol. The summed E-state index contributed by atoms with van der Waals surface area (Å²) in [5.41, 5.74) is 0. The molecule has 1 aromatic heterocycles. The molecule has 4 nitrogen and oxygen atoms in total. The van der Waals surface area contributed by atoms with E-state index in [1.807, 2.05) is 24.3 Å². The van der Waals surface area contributed by atoms with Gasteiger partial charge in [-0.3, -0.25) is 0 Å². The maximum Gasteiger partial charge on any atom is 0.175 e. The van der Waals surface area contributed by atoms with Gasteiger partial charge >= 0.3 is 0 Å². The van der Waals surface area contributed by atoms with Gasteiger partial charge in [-0.05, 0) is 30.7 Å². The van der Waals surface area contributed by atoms with Gasteiger partial charge in [0.15, 0.2) is 8.68 Å². The Morgan fingerprint density at radius 2 is 1.64 bits per heavy atom. The topological polar surface area (TPSA) is 44.2 Å². The molecule has 0 aliphatic heterocycles. The molecule has 2 rings (SSSR count). The minimum atomic E-state index is 0.648. The third kappa shape index (κ3) is 6.06. The molecule has 120 valence electrons. The van der Waals surface area contributed by atoms with E-state index in [9.17, 15) is 0 Å². The summed E-state index contributed by atoms with van der Waals surface area (Å²) in [6, 6.07) is 7.62. The number of rotatable bonds is 10. The second-order valence-electron chi connectivity index (χ2n) is 4.41. The van der Waals surface area contributed by atoms with Crippen molar-refractivity contribution in [2.45, 2.75) is 28.4 Å². The zero-order valence-corrected chi connectivity index (χ0v) is 15.2. The van der Waals surface area contributed by atoms with E-state index in [1.165, 1.54) is 12.8 Å². The standard InChI is InChI=1S/C15H20N2O2S3/c1-3-4-10-20-14-16-17-15(22-14)21-11-9-19-13-7-5-12(18-2)6-8-13/h5-8H,3-4,9-11H2,1-2H3. The number of unbranched alkanes of at least 4 members (excludes halogenated alkanes) is 1. The van der Waals surface area contributed by atoms with Gasteiger partial charge in [-0.1, -0.05) is 48.2 Å². The lowest BCUT2D eigenvalue weighted by Gasteiger charge is -2.05. The molecule has 1 heterocycles. The van der Waals surface area contributed by atoms with Gasteiger partial charge in [0.1, 0.15) is 11.5 Å². The van der Waals surface area contributed by atoms with Crippen molar-refractivity contribution >= 4 is 34.9 Å². The van der Waals surface area contributed by atoms with Crippen molar-refractivity contribution in [3.8, 4) is 11.5 Å². The molecule has 7 heteroatoms. The van der Waals surface area contributed by atoms with Crippen LogP contribution in [0.15, 0.2) is 32.9 Å². The van der Waals surface area contributed by atoms with Gasteiger partial charge in [0.2, 0.25) is 0 Å². The van der Waals surface area contributed by atoms with Crippen LogP contribution < -0.4 is 9.47 Å². The van der Waals surface area contributed by atoms with Crippen molar-refractivity contribution in [1.82, 2.24) is 10.2 Å². The molecule has 0 aliphatic rings. The lowest BCUT2D eigenvalue weighted by molar-refractivity contribution is 0.342. The summed E-state index contributed by atoms with van der Waals surface area (Å²) in [6.07, 6.45) is 2.44. The first-order chi connectivity index (χ1) is 10.8. The second-order valence-corrected chi connectivity index (χ2v) is 8.07. The van der Waals surface area contributed by atoms with E-state index in [-0.39, 0.29) is 0 Å². The van der Waals surface area contributed by atoms with Crippen LogP contribution in [0.3, 0.4) is 0 Å². The normalized spacial score (nSPS) is 10.6. The summed E-state index contributed by atoms with van der Waals surface area (Å²) in [5, 5.41) is 8.40. The summed E-state index contributed by atoms with van der Waals surface area (Å²) < 4.78 is 12.9. The molecule has 0 bridgehead atoms. The van der Waals surface area contributed by atoms with Crippen LogP contribution in [0.4, 0.5) is 0 Å². The molecule has 0 aliphatic carbocycles. The van der Waals surface area contributed by atoms with Crippen molar-refractivity contribution in [1.29, 1.82) is 0 Å². The summed E-state index contributed by atoms with van der Waals surface area (Å²) in [7, 11) is 1.66. The smallest absolute Gasteiger partial charge is 0.175 e. The fraction of sp³-hybridized carbons (Fsp3) is 0.467. The fourth-order valence-corrected chi connectivity index (χ4v) is 4.64. The van der Waals surface area contributed by atoms with Crippen LogP contribution in [0.5, 0.6) is 11.5 Å². The second kappa shape index (κ2) is 9.97. The number of nitrogens with zero attached hydrogens (tertiary/aromatic N) is 2. The number of methoxy groups -OCH3 is 1. The highest BCUT2D eigenvalue weighted by Gasteiger charge is 2.05. The molecule has 0 unspecified atom stereocenters. The molecule has 0 atom stereocenters. The average Bonchev–Trinajstić information content (AvgIpc) is 3.00. The summed E-state index contributed by atoms with van der Waals surface area (Å²) in [6.45, 7) is 2.85. The molecule has 0 fully saturated rings. The van der Waals surface area contributed by atoms with E-state index in [0.29, 0.717) is 6.61 Å². The summed E-state index contributed by atoms with van der Waals surface area (Å²) in [4.78, 5) is 0. The number of benzene rings is 1. The van der Waals surface area contributed by atoms with Crippen LogP contribution in [0.1, 0.15) is 19.8 Å². The zero-order valence-electron chi connectivity index (χ0n) is 12.8. The molecular weight excluding hydrogens is 336 g/mol. The van der Waals surface area contributed by atoms with Crippen LogP contribution >= 0.6 is 34.9 Å². The van der Waals surface area contributed by atoms with Crippen molar-refractivity contribution < 1.29 is 9.47 Å². The number of aromatic nitrogens is 2. The van der Waals surface area contributed by atoms with Gasteiger partial charge in [-0.2, -0.15) is 0 Å². The Morgan fingerprint density at radius 3 is 2.27 bits per heavy atom. The predicted octanol–water partition coefficient (Wildman–Crippen LogP) is 4.61. The van der Waals surface area contributed by atoms with Gasteiger partial charge in [-0.25, -0.2) is 0 Å². The Morgan fingerprint density at radius 1 is 1.00 bits per heavy atom. The van der Waals surface area contributed by atoms with Crippen LogP contribution in [-0.4, -0.2) is 35.4 Å². The van der Waals surface area contributed by atoms with E-state index in [1.54, 1.807) is 42.0 Å². The Bertz CT molecular complexity index is 546. The fourth-order valence-electron chi connectivity index (χ4n) is 1.58. The van der Waals surface area contributed by atoms with Crippen molar-refractivity contribution in [2.24, 2.45) is 0 Å². The predicted molar refractivity (Wildman–Crippen MR) is 94.8 cm³/mol. The first-order valence-corrected chi connectivity index (χ1v) is 9.96. The van der Waals surface area contributed by atoms with Gasteiger partial charge in [-0.15, -0.1) is 10.2 Å². The first kappa shape index (κ1) is 17.4. The molecule has 0 spiro atoms. The summed E-state index contributed by atoms with van der Waals surface area (Å²) >= 11 is 5.15. The SMILES string of the molecule is CCCCSc1nnc(SCCOc2ccc(OC)cc2)s1. The van der Waals surface area contributed by atoms with Crippen LogP contribution in [0.25, 0.3) is 0 Å². The number of ether oxygens (including phenoxy) is 2. The highest BCUT2D eigenvalue weighted by atomic mass is 32.2. The molecule has 0 saturated carbocycles. The highest BCUT2D eigenvalue weighted by Crippen LogP contribution is 2.29. The van der Waals surface area contributed by atoms with Gasteiger partial charge < -0.3 is 9.47 Å². The third-order valence-electron chi connectivity index (χ3n) is 2.75. The molecule has 22 heavy (non-hydrogen) atoms. The number of thioether (sulfide) groups is 2. The maximum atomic E-state index is 5.69. The molecule has 0 radical (unpaired) electrons. The zero-order chi connectivity index (χ0) is 15.6. The molecule has 0 amide bonds. The lowest BCUT2D eigenvalue weighted by Crippen LogP contribution is -1.99. The largest absolute Gasteiger partial charge is 0.497 e. The molecule has 2 aromatic rings. The maximum absolute atomic E-state index is 5.69. The number of hydrogen-bond donors (Lipinski definition) is 0. The van der Waals surface area contributed by atoms with E-state index >= 15 is 0 Å². The Balaban J connectivity index is 1.65. The van der Waals surface area contributed by atoms with E-state index in [4.69, 9.17) is 9.47 Å². The van der Waals surface area contributed by atoms with Gasteiger partial charge in [0, 0.05) is 11.5 Å².